The largest absolute Gasteiger partial charge is 0.391 e. The molecule has 2 atom stereocenters. The van der Waals surface area contributed by atoms with Gasteiger partial charge in [-0.05, 0) is 61.1 Å². The predicted octanol–water partition coefficient (Wildman–Crippen LogP) is 1.89. The lowest BCUT2D eigenvalue weighted by Crippen LogP contribution is -2.51. The Morgan fingerprint density at radius 1 is 1.00 bits per heavy atom. The average molecular weight is 497 g/mol. The molecule has 2 fully saturated rings. The van der Waals surface area contributed by atoms with E-state index in [1.807, 2.05) is 12.1 Å². The van der Waals surface area contributed by atoms with Gasteiger partial charge in [-0.15, -0.1) is 0 Å². The number of hydrogen-bond donors (Lipinski definition) is 4. The highest BCUT2D eigenvalue weighted by molar-refractivity contribution is 5.97. The van der Waals surface area contributed by atoms with E-state index < -0.39 is 24.0 Å². The van der Waals surface area contributed by atoms with Gasteiger partial charge in [0.2, 0.25) is 0 Å². The molecular weight excluding hydrogens is 460 g/mol. The Labute approximate surface area is 212 Å². The highest BCUT2D eigenvalue weighted by Crippen LogP contribution is 2.31. The zero-order chi connectivity index (χ0) is 25.5. The number of aliphatic hydroxyl groups is 1. The van der Waals surface area contributed by atoms with Crippen LogP contribution in [0.3, 0.4) is 0 Å². The molecule has 2 aliphatic rings. The van der Waals surface area contributed by atoms with Crippen LogP contribution < -0.4 is 15.7 Å². The molecule has 2 aliphatic heterocycles. The summed E-state index contributed by atoms with van der Waals surface area (Å²) >= 11 is 0. The summed E-state index contributed by atoms with van der Waals surface area (Å²) < 4.78 is 5.43. The molecule has 194 valence electrons. The third kappa shape index (κ3) is 6.61. The number of rotatable bonds is 8. The molecule has 0 aromatic heterocycles. The van der Waals surface area contributed by atoms with Crippen molar-refractivity contribution in [1.29, 1.82) is 0 Å². The van der Waals surface area contributed by atoms with Crippen LogP contribution in [-0.4, -0.2) is 78.6 Å². The molecule has 4 rings (SSSR count). The maximum atomic E-state index is 12.5. The van der Waals surface area contributed by atoms with Crippen molar-refractivity contribution in [2.45, 2.75) is 44.4 Å². The first-order chi connectivity index (χ1) is 17.4. The number of nitrogens with one attached hydrogen (secondary N) is 2. The van der Waals surface area contributed by atoms with Crippen molar-refractivity contribution in [3.8, 4) is 0 Å². The summed E-state index contributed by atoms with van der Waals surface area (Å²) in [6.07, 6.45) is 0.912. The molecule has 0 spiro atoms. The lowest BCUT2D eigenvalue weighted by atomic mass is 9.88. The Morgan fingerprint density at radius 3 is 2.22 bits per heavy atom. The first-order valence-corrected chi connectivity index (χ1v) is 12.6. The molecule has 36 heavy (non-hydrogen) atoms. The summed E-state index contributed by atoms with van der Waals surface area (Å²) in [5, 5.41) is 21.0. The summed E-state index contributed by atoms with van der Waals surface area (Å²) in [7, 11) is 0. The zero-order valence-electron chi connectivity index (χ0n) is 20.7. The fourth-order valence-electron chi connectivity index (χ4n) is 4.91. The van der Waals surface area contributed by atoms with Crippen LogP contribution in [0.15, 0.2) is 48.5 Å². The highest BCUT2D eigenvalue weighted by Gasteiger charge is 2.26. The number of anilines is 1. The van der Waals surface area contributed by atoms with Crippen LogP contribution in [0.4, 0.5) is 5.69 Å². The minimum atomic E-state index is -1.24. The lowest BCUT2D eigenvalue weighted by molar-refractivity contribution is -0.133. The van der Waals surface area contributed by atoms with Gasteiger partial charge in [0, 0.05) is 44.0 Å². The number of carbonyl (C=O) groups is 2. The molecule has 0 saturated carbocycles. The molecule has 9 nitrogen and oxygen atoms in total. The number of morpholine rings is 1. The van der Waals surface area contributed by atoms with Gasteiger partial charge in [-0.3, -0.25) is 19.7 Å². The van der Waals surface area contributed by atoms with E-state index >= 15 is 0 Å². The van der Waals surface area contributed by atoms with Crippen LogP contribution in [0.5, 0.6) is 0 Å². The topological polar surface area (TPSA) is 114 Å². The first-order valence-electron chi connectivity index (χ1n) is 12.6. The van der Waals surface area contributed by atoms with Crippen molar-refractivity contribution in [3.63, 3.8) is 0 Å². The quantitative estimate of drug-likeness (QED) is 0.326. The van der Waals surface area contributed by atoms with E-state index in [9.17, 15) is 14.7 Å². The van der Waals surface area contributed by atoms with Crippen LogP contribution in [0, 0.1) is 0 Å². The summed E-state index contributed by atoms with van der Waals surface area (Å²) in [6, 6.07) is 15.1. The fourth-order valence-corrected chi connectivity index (χ4v) is 4.91. The number of piperidine rings is 1. The van der Waals surface area contributed by atoms with Crippen LogP contribution in [0.25, 0.3) is 0 Å². The Morgan fingerprint density at radius 2 is 1.64 bits per heavy atom. The van der Waals surface area contributed by atoms with Crippen LogP contribution >= 0.6 is 0 Å². The Kier molecular flexibility index (Phi) is 8.93. The SMILES string of the molecule is C[C@@H](O)[C@H](NC(=O)c1ccc(C2CCN(c3ccc(CN4CCOCC4)cc3)CC2)cc1)C(=O)NO. The van der Waals surface area contributed by atoms with Gasteiger partial charge in [0.15, 0.2) is 0 Å². The molecule has 2 amide bonds. The Balaban J connectivity index is 1.28. The van der Waals surface area contributed by atoms with Crippen LogP contribution in [-0.2, 0) is 16.1 Å². The molecule has 0 aliphatic carbocycles. The molecule has 0 radical (unpaired) electrons. The molecule has 2 saturated heterocycles. The number of amides is 2. The number of carbonyl (C=O) groups excluding carboxylic acids is 2. The second-order valence-electron chi connectivity index (χ2n) is 9.61. The Bertz CT molecular complexity index is 998. The van der Waals surface area contributed by atoms with Crippen LogP contribution in [0.2, 0.25) is 0 Å². The van der Waals surface area contributed by atoms with E-state index in [1.165, 1.54) is 29.2 Å². The molecule has 9 heteroatoms. The number of aliphatic hydroxyl groups excluding tert-OH is 1. The third-order valence-electron chi connectivity index (χ3n) is 7.11. The fraction of sp³-hybridized carbons (Fsp3) is 0.481. The normalized spacial score (nSPS) is 18.9. The highest BCUT2D eigenvalue weighted by atomic mass is 16.5. The summed E-state index contributed by atoms with van der Waals surface area (Å²) in [5.74, 6) is -0.930. The second kappa shape index (κ2) is 12.3. The van der Waals surface area contributed by atoms with Gasteiger partial charge in [0.25, 0.3) is 11.8 Å². The predicted molar refractivity (Wildman–Crippen MR) is 136 cm³/mol. The van der Waals surface area contributed by atoms with E-state index in [1.54, 1.807) is 12.1 Å². The maximum absolute atomic E-state index is 12.5. The molecule has 2 heterocycles. The smallest absolute Gasteiger partial charge is 0.268 e. The van der Waals surface area contributed by atoms with Crippen molar-refractivity contribution < 1.29 is 24.6 Å². The minimum absolute atomic E-state index is 0.393. The van der Waals surface area contributed by atoms with Gasteiger partial charge >= 0.3 is 0 Å². The van der Waals surface area contributed by atoms with Gasteiger partial charge in [0.1, 0.15) is 6.04 Å². The monoisotopic (exact) mass is 496 g/mol. The molecule has 2 aromatic rings. The zero-order valence-corrected chi connectivity index (χ0v) is 20.7. The minimum Gasteiger partial charge on any atom is -0.391 e. The van der Waals surface area contributed by atoms with Crippen molar-refractivity contribution in [1.82, 2.24) is 15.7 Å². The number of benzene rings is 2. The summed E-state index contributed by atoms with van der Waals surface area (Å²) in [5.41, 5.74) is 5.63. The number of ether oxygens (including phenoxy) is 1. The van der Waals surface area contributed by atoms with Gasteiger partial charge in [-0.2, -0.15) is 0 Å². The number of hydroxylamine groups is 1. The van der Waals surface area contributed by atoms with Crippen molar-refractivity contribution in [3.05, 3.63) is 65.2 Å². The second-order valence-corrected chi connectivity index (χ2v) is 9.61. The molecular formula is C27H36N4O5. The molecule has 4 N–H and O–H groups in total. The number of hydrogen-bond acceptors (Lipinski definition) is 7. The van der Waals surface area contributed by atoms with E-state index in [-0.39, 0.29) is 0 Å². The van der Waals surface area contributed by atoms with Crippen molar-refractivity contribution in [2.24, 2.45) is 0 Å². The van der Waals surface area contributed by atoms with Crippen molar-refractivity contribution >= 4 is 17.5 Å². The van der Waals surface area contributed by atoms with Gasteiger partial charge in [0.05, 0.1) is 19.3 Å². The third-order valence-corrected chi connectivity index (χ3v) is 7.11. The summed E-state index contributed by atoms with van der Waals surface area (Å²) in [4.78, 5) is 29.0. The van der Waals surface area contributed by atoms with E-state index in [2.05, 4.69) is 39.4 Å². The molecule has 0 bridgehead atoms. The molecule has 0 unspecified atom stereocenters. The van der Waals surface area contributed by atoms with E-state index in [0.29, 0.717) is 11.5 Å². The maximum Gasteiger partial charge on any atom is 0.268 e. The molecule has 2 aromatic carbocycles. The first kappa shape index (κ1) is 26.1. The van der Waals surface area contributed by atoms with Gasteiger partial charge < -0.3 is 20.1 Å². The summed E-state index contributed by atoms with van der Waals surface area (Å²) in [6.45, 7) is 7.90. The Hall–Kier alpha value is -2.98. The average Bonchev–Trinajstić information content (AvgIpc) is 2.92. The van der Waals surface area contributed by atoms with E-state index in [0.717, 1.165) is 58.8 Å². The van der Waals surface area contributed by atoms with Crippen molar-refractivity contribution in [2.75, 3.05) is 44.3 Å². The van der Waals surface area contributed by atoms with Gasteiger partial charge in [-0.1, -0.05) is 24.3 Å². The number of nitrogens with zero attached hydrogens (tertiary/aromatic N) is 2. The standard InChI is InChI=1S/C27H36N4O5/c1-19(32)25(27(34)29-35)28-26(33)23-6-4-21(5-7-23)22-10-12-31(13-11-22)24-8-2-20(3-9-24)18-30-14-16-36-17-15-30/h2-9,19,22,25,32,35H,10-18H2,1H3,(H,28,33)(H,29,34)/t19-,25+/m1/s1. The lowest BCUT2D eigenvalue weighted by Gasteiger charge is -2.34. The van der Waals surface area contributed by atoms with Gasteiger partial charge in [-0.25, -0.2) is 5.48 Å². The van der Waals surface area contributed by atoms with Crippen LogP contribution in [0.1, 0.15) is 47.2 Å². The van der Waals surface area contributed by atoms with E-state index in [4.69, 9.17) is 9.94 Å².